The maximum atomic E-state index is 16.2. The summed E-state index contributed by atoms with van der Waals surface area (Å²) >= 11 is 0. The average Bonchev–Trinajstić information content (AvgIpc) is 2.98. The molecule has 38 heavy (non-hydrogen) atoms. The minimum Gasteiger partial charge on any atom is -0.313 e. The molecule has 198 valence electrons. The van der Waals surface area contributed by atoms with Crippen LogP contribution in [0.1, 0.15) is 52.9 Å². The van der Waals surface area contributed by atoms with Gasteiger partial charge in [-0.25, -0.2) is 0 Å². The zero-order valence-electron chi connectivity index (χ0n) is 22.9. The van der Waals surface area contributed by atoms with E-state index in [0.29, 0.717) is 0 Å². The van der Waals surface area contributed by atoms with Crippen molar-refractivity contribution in [2.75, 3.05) is 0 Å². The SMILES string of the molecule is CCCCC(C)(CCC)C(P(=O)(c1ccccc1)c1ccccc1)P(=O)(c1ccccc1)c1ccccc1. The highest BCUT2D eigenvalue weighted by Crippen LogP contribution is 2.72. The van der Waals surface area contributed by atoms with Crippen LogP contribution in [0.25, 0.3) is 0 Å². The standard InChI is InChI=1S/C34H40O2P2/c1-4-6-28-34(3,27-5-2)33(37(35,29-19-11-7-12-20-29)30-21-13-8-14-22-30)38(36,31-23-15-9-16-24-31)32-25-17-10-18-26-32/h7-26,33H,4-6,27-28H2,1-3H3. The van der Waals surface area contributed by atoms with E-state index < -0.39 is 25.1 Å². The maximum absolute atomic E-state index is 16.2. The lowest BCUT2D eigenvalue weighted by atomic mass is 9.82. The van der Waals surface area contributed by atoms with E-state index in [9.17, 15) is 0 Å². The molecule has 4 rings (SSSR count). The highest BCUT2D eigenvalue weighted by atomic mass is 31.2. The zero-order valence-corrected chi connectivity index (χ0v) is 24.7. The molecule has 4 heteroatoms. The molecule has 0 amide bonds. The summed E-state index contributed by atoms with van der Waals surface area (Å²) in [6, 6.07) is 39.4. The molecule has 0 radical (unpaired) electrons. The molecule has 0 N–H and O–H groups in total. The first-order chi connectivity index (χ1) is 18.4. The minimum atomic E-state index is -3.44. The predicted octanol–water partition coefficient (Wildman–Crippen LogP) is 8.34. The fraction of sp³-hybridized carbons (Fsp3) is 0.294. The van der Waals surface area contributed by atoms with E-state index in [1.165, 1.54) is 0 Å². The molecule has 4 aromatic rings. The van der Waals surface area contributed by atoms with Gasteiger partial charge in [-0.2, -0.15) is 0 Å². The van der Waals surface area contributed by atoms with Gasteiger partial charge in [-0.15, -0.1) is 0 Å². The van der Waals surface area contributed by atoms with Crippen molar-refractivity contribution in [3.8, 4) is 0 Å². The van der Waals surface area contributed by atoms with Crippen LogP contribution in [0.2, 0.25) is 0 Å². The summed E-state index contributed by atoms with van der Waals surface area (Å²) in [6.07, 6.45) is 4.69. The third-order valence-corrected chi connectivity index (χ3v) is 16.6. The van der Waals surface area contributed by atoms with Crippen molar-refractivity contribution in [2.45, 2.75) is 58.3 Å². The van der Waals surface area contributed by atoms with Crippen LogP contribution in [0.3, 0.4) is 0 Å². The minimum absolute atomic E-state index is 0.423. The Morgan fingerprint density at radius 1 is 0.526 bits per heavy atom. The largest absolute Gasteiger partial charge is 0.313 e. The lowest BCUT2D eigenvalue weighted by Crippen LogP contribution is -2.43. The molecule has 0 spiro atoms. The molecular formula is C34H40O2P2. The van der Waals surface area contributed by atoms with E-state index in [-0.39, 0.29) is 0 Å². The predicted molar refractivity (Wildman–Crippen MR) is 166 cm³/mol. The van der Waals surface area contributed by atoms with Crippen LogP contribution in [0.5, 0.6) is 0 Å². The normalized spacial score (nSPS) is 13.8. The molecule has 0 saturated heterocycles. The second-order valence-corrected chi connectivity index (χ2v) is 16.7. The molecule has 0 saturated carbocycles. The second kappa shape index (κ2) is 12.5. The first-order valence-electron chi connectivity index (χ1n) is 13.8. The maximum Gasteiger partial charge on any atom is 0.154 e. The van der Waals surface area contributed by atoms with Crippen LogP contribution < -0.4 is 21.2 Å². The van der Waals surface area contributed by atoms with Crippen molar-refractivity contribution in [3.05, 3.63) is 121 Å². The molecule has 0 aliphatic rings. The molecule has 0 aromatic heterocycles. The molecule has 2 nitrogen and oxygen atoms in total. The van der Waals surface area contributed by atoms with Crippen molar-refractivity contribution >= 4 is 35.5 Å². The number of benzene rings is 4. The summed E-state index contributed by atoms with van der Waals surface area (Å²) in [5, 5.41) is 2.53. The molecule has 0 aliphatic heterocycles. The van der Waals surface area contributed by atoms with Crippen molar-refractivity contribution in [2.24, 2.45) is 5.41 Å². The van der Waals surface area contributed by atoms with Gasteiger partial charge in [0.1, 0.15) is 0 Å². The van der Waals surface area contributed by atoms with Crippen molar-refractivity contribution in [3.63, 3.8) is 0 Å². The number of hydrogen-bond acceptors (Lipinski definition) is 2. The van der Waals surface area contributed by atoms with E-state index >= 15 is 9.13 Å². The summed E-state index contributed by atoms with van der Waals surface area (Å²) in [4.78, 5) is 0. The second-order valence-electron chi connectivity index (χ2n) is 10.5. The van der Waals surface area contributed by atoms with E-state index in [1.54, 1.807) is 0 Å². The van der Waals surface area contributed by atoms with Crippen LogP contribution >= 0.6 is 14.3 Å². The molecule has 1 atom stereocenters. The van der Waals surface area contributed by atoms with Crippen LogP contribution in [-0.2, 0) is 9.13 Å². The quantitative estimate of drug-likeness (QED) is 0.169. The summed E-state index contributed by atoms with van der Waals surface area (Å²) in [5.41, 5.74) is -0.423. The van der Waals surface area contributed by atoms with Crippen molar-refractivity contribution < 1.29 is 9.13 Å². The Morgan fingerprint density at radius 3 is 1.11 bits per heavy atom. The molecule has 4 aromatic carbocycles. The van der Waals surface area contributed by atoms with Gasteiger partial charge < -0.3 is 9.13 Å². The first-order valence-corrected chi connectivity index (χ1v) is 17.4. The average molecular weight is 543 g/mol. The summed E-state index contributed by atoms with van der Waals surface area (Å²) in [5.74, 6) is 0. The fourth-order valence-corrected chi connectivity index (χ4v) is 16.0. The van der Waals surface area contributed by atoms with Crippen LogP contribution in [0.4, 0.5) is 0 Å². The van der Waals surface area contributed by atoms with Crippen LogP contribution in [0.15, 0.2) is 121 Å². The van der Waals surface area contributed by atoms with E-state index in [4.69, 9.17) is 0 Å². The number of hydrogen-bond donors (Lipinski definition) is 0. The highest BCUT2D eigenvalue weighted by molar-refractivity contribution is 7.95. The molecule has 0 aliphatic carbocycles. The Hall–Kier alpha value is -2.66. The van der Waals surface area contributed by atoms with E-state index in [0.717, 1.165) is 53.3 Å². The van der Waals surface area contributed by atoms with Gasteiger partial charge in [-0.1, -0.05) is 161 Å². The van der Waals surface area contributed by atoms with Gasteiger partial charge in [0.25, 0.3) is 0 Å². The topological polar surface area (TPSA) is 34.1 Å². The first kappa shape index (κ1) is 28.4. The van der Waals surface area contributed by atoms with Crippen LogP contribution in [-0.4, -0.2) is 5.40 Å². The molecule has 1 unspecified atom stereocenters. The Balaban J connectivity index is 2.18. The monoisotopic (exact) mass is 542 g/mol. The fourth-order valence-electron chi connectivity index (χ4n) is 6.10. The van der Waals surface area contributed by atoms with Gasteiger partial charge in [0.15, 0.2) is 14.3 Å². The van der Waals surface area contributed by atoms with E-state index in [2.05, 4.69) is 20.8 Å². The van der Waals surface area contributed by atoms with Gasteiger partial charge in [-0.05, 0) is 18.3 Å². The lowest BCUT2D eigenvalue weighted by Gasteiger charge is -2.46. The van der Waals surface area contributed by atoms with Gasteiger partial charge >= 0.3 is 0 Å². The summed E-state index contributed by atoms with van der Waals surface area (Å²) < 4.78 is 32.4. The van der Waals surface area contributed by atoms with Crippen molar-refractivity contribution in [1.29, 1.82) is 0 Å². The summed E-state index contributed by atoms with van der Waals surface area (Å²) in [6.45, 7) is 6.64. The van der Waals surface area contributed by atoms with Crippen molar-refractivity contribution in [1.82, 2.24) is 0 Å². The molecule has 0 fully saturated rings. The zero-order chi connectivity index (χ0) is 27.1. The number of rotatable bonds is 12. The Bertz CT molecular complexity index is 1190. The van der Waals surface area contributed by atoms with Crippen LogP contribution in [0, 0.1) is 5.41 Å². The molecular weight excluding hydrogens is 502 g/mol. The Labute approximate surface area is 229 Å². The molecule has 0 bridgehead atoms. The lowest BCUT2D eigenvalue weighted by molar-refractivity contribution is 0.278. The molecule has 0 heterocycles. The van der Waals surface area contributed by atoms with Gasteiger partial charge in [0.2, 0.25) is 0 Å². The smallest absolute Gasteiger partial charge is 0.154 e. The highest BCUT2D eigenvalue weighted by Gasteiger charge is 2.57. The third kappa shape index (κ3) is 5.40. The summed E-state index contributed by atoms with van der Waals surface area (Å²) in [7, 11) is -6.88. The van der Waals surface area contributed by atoms with Gasteiger partial charge in [0.05, 0.1) is 5.40 Å². The Kier molecular flexibility index (Phi) is 9.30. The third-order valence-electron chi connectivity index (χ3n) is 7.79. The van der Waals surface area contributed by atoms with Gasteiger partial charge in [-0.3, -0.25) is 0 Å². The van der Waals surface area contributed by atoms with Gasteiger partial charge in [0, 0.05) is 21.2 Å². The Morgan fingerprint density at radius 2 is 0.842 bits per heavy atom. The number of unbranched alkanes of at least 4 members (excludes halogenated alkanes) is 1. The van der Waals surface area contributed by atoms with E-state index in [1.807, 2.05) is 121 Å².